The summed E-state index contributed by atoms with van der Waals surface area (Å²) in [4.78, 5) is 11.1. The summed E-state index contributed by atoms with van der Waals surface area (Å²) in [6.45, 7) is 0. The summed E-state index contributed by atoms with van der Waals surface area (Å²) < 4.78 is 35.4. The summed E-state index contributed by atoms with van der Waals surface area (Å²) in [7, 11) is 0. The number of ketones is 1. The Bertz CT molecular complexity index is 311. The molecule has 0 aromatic carbocycles. The number of hydrogen-bond donors (Lipinski definition) is 1. The number of halogens is 3. The summed E-state index contributed by atoms with van der Waals surface area (Å²) >= 11 is 0. The Morgan fingerprint density at radius 1 is 1.29 bits per heavy atom. The highest BCUT2D eigenvalue weighted by atomic mass is 19.4. The standard InChI is InChI=1S/C9H7F3O2/c10-9(11,12)8(14)5-7(13)6-3-1-2-4-6/h1-6,14H/b8-5-. The Labute approximate surface area is 78.0 Å². The molecule has 2 nitrogen and oxygen atoms in total. The molecule has 5 heteroatoms. The summed E-state index contributed by atoms with van der Waals surface area (Å²) in [5.41, 5.74) is 0. The van der Waals surface area contributed by atoms with E-state index >= 15 is 0 Å². The second kappa shape index (κ2) is 3.69. The van der Waals surface area contributed by atoms with E-state index in [0.29, 0.717) is 0 Å². The molecule has 0 fully saturated rings. The third kappa shape index (κ3) is 2.48. The van der Waals surface area contributed by atoms with Crippen molar-refractivity contribution in [3.8, 4) is 0 Å². The molecule has 76 valence electrons. The van der Waals surface area contributed by atoms with Gasteiger partial charge in [0.25, 0.3) is 0 Å². The molecule has 0 spiro atoms. The van der Waals surface area contributed by atoms with Crippen LogP contribution in [0.5, 0.6) is 0 Å². The van der Waals surface area contributed by atoms with Crippen LogP contribution in [0.4, 0.5) is 13.2 Å². The van der Waals surface area contributed by atoms with Crippen LogP contribution >= 0.6 is 0 Å². The van der Waals surface area contributed by atoms with Crippen LogP contribution in [0.1, 0.15) is 0 Å². The van der Waals surface area contributed by atoms with Crippen molar-refractivity contribution in [1.29, 1.82) is 0 Å². The third-order valence-corrected chi connectivity index (χ3v) is 1.65. The molecule has 0 saturated carbocycles. The number of aliphatic hydroxyl groups is 1. The summed E-state index contributed by atoms with van der Waals surface area (Å²) in [6, 6.07) is 0. The Morgan fingerprint density at radius 2 is 1.79 bits per heavy atom. The van der Waals surface area contributed by atoms with Crippen LogP contribution in [0, 0.1) is 5.92 Å². The van der Waals surface area contributed by atoms with Gasteiger partial charge in [-0.05, 0) is 0 Å². The topological polar surface area (TPSA) is 37.3 Å². The van der Waals surface area contributed by atoms with Crippen LogP contribution in [0.2, 0.25) is 0 Å². The summed E-state index contributed by atoms with van der Waals surface area (Å²) in [6.07, 6.45) is 1.35. The number of carbonyl (C=O) groups excluding carboxylic acids is 1. The quantitative estimate of drug-likeness (QED) is 0.553. The highest BCUT2D eigenvalue weighted by molar-refractivity contribution is 5.95. The summed E-state index contributed by atoms with van der Waals surface area (Å²) in [5, 5.41) is 8.48. The number of rotatable bonds is 2. The minimum absolute atomic E-state index is 0.199. The lowest BCUT2D eigenvalue weighted by Gasteiger charge is -2.05. The predicted octanol–water partition coefficient (Wildman–Crippen LogP) is 2.30. The average molecular weight is 204 g/mol. The van der Waals surface area contributed by atoms with Crippen molar-refractivity contribution in [3.05, 3.63) is 36.1 Å². The van der Waals surface area contributed by atoms with E-state index in [0.717, 1.165) is 0 Å². The van der Waals surface area contributed by atoms with E-state index in [1.165, 1.54) is 12.2 Å². The van der Waals surface area contributed by atoms with E-state index in [9.17, 15) is 18.0 Å². The number of carbonyl (C=O) groups is 1. The van der Waals surface area contributed by atoms with Gasteiger partial charge in [0.1, 0.15) is 0 Å². The van der Waals surface area contributed by atoms with Gasteiger partial charge >= 0.3 is 6.18 Å². The smallest absolute Gasteiger partial charge is 0.448 e. The Hall–Kier alpha value is -1.52. The lowest BCUT2D eigenvalue weighted by molar-refractivity contribution is -0.126. The second-order valence-electron chi connectivity index (χ2n) is 2.73. The molecule has 14 heavy (non-hydrogen) atoms. The molecule has 0 aromatic heterocycles. The zero-order valence-corrected chi connectivity index (χ0v) is 6.95. The van der Waals surface area contributed by atoms with Crippen molar-refractivity contribution in [2.45, 2.75) is 6.18 Å². The van der Waals surface area contributed by atoms with E-state index in [1.54, 1.807) is 12.2 Å². The highest BCUT2D eigenvalue weighted by Crippen LogP contribution is 2.24. The SMILES string of the molecule is O=C(/C=C(\O)C(F)(F)F)C1C=CC=C1. The minimum atomic E-state index is -4.86. The van der Waals surface area contributed by atoms with Gasteiger partial charge < -0.3 is 5.11 Å². The first kappa shape index (κ1) is 10.6. The van der Waals surface area contributed by atoms with Crippen molar-refractivity contribution in [2.75, 3.05) is 0 Å². The lowest BCUT2D eigenvalue weighted by Crippen LogP contribution is -2.15. The fourth-order valence-corrected chi connectivity index (χ4v) is 0.934. The van der Waals surface area contributed by atoms with Gasteiger partial charge in [0.05, 0.1) is 5.92 Å². The second-order valence-corrected chi connectivity index (χ2v) is 2.73. The van der Waals surface area contributed by atoms with Gasteiger partial charge in [-0.15, -0.1) is 0 Å². The van der Waals surface area contributed by atoms with Crippen molar-refractivity contribution in [3.63, 3.8) is 0 Å². The summed E-state index contributed by atoms with van der Waals surface area (Å²) in [5.74, 6) is -3.35. The fourth-order valence-electron chi connectivity index (χ4n) is 0.934. The van der Waals surface area contributed by atoms with Crippen LogP contribution < -0.4 is 0 Å². The van der Waals surface area contributed by atoms with Gasteiger partial charge in [-0.25, -0.2) is 0 Å². The Balaban J connectivity index is 2.73. The fraction of sp³-hybridized carbons (Fsp3) is 0.222. The zero-order chi connectivity index (χ0) is 10.8. The average Bonchev–Trinajstić information content (AvgIpc) is 2.53. The molecule has 0 heterocycles. The van der Waals surface area contributed by atoms with E-state index in [2.05, 4.69) is 0 Å². The molecule has 0 saturated heterocycles. The zero-order valence-electron chi connectivity index (χ0n) is 6.95. The van der Waals surface area contributed by atoms with Crippen molar-refractivity contribution in [2.24, 2.45) is 5.92 Å². The molecule has 0 radical (unpaired) electrons. The largest absolute Gasteiger partial charge is 0.504 e. The maximum absolute atomic E-state index is 11.8. The van der Waals surface area contributed by atoms with Gasteiger partial charge in [-0.1, -0.05) is 24.3 Å². The van der Waals surface area contributed by atoms with Crippen LogP contribution in [0.3, 0.4) is 0 Å². The third-order valence-electron chi connectivity index (χ3n) is 1.65. The molecule has 1 N–H and O–H groups in total. The molecular weight excluding hydrogens is 197 g/mol. The Morgan fingerprint density at radius 3 is 2.21 bits per heavy atom. The number of hydrogen-bond acceptors (Lipinski definition) is 2. The molecule has 0 aromatic rings. The van der Waals surface area contributed by atoms with E-state index in [1.807, 2.05) is 0 Å². The predicted molar refractivity (Wildman–Crippen MR) is 43.5 cm³/mol. The van der Waals surface area contributed by atoms with Gasteiger partial charge in [0.15, 0.2) is 5.78 Å². The first-order valence-electron chi connectivity index (χ1n) is 3.78. The van der Waals surface area contributed by atoms with Crippen LogP contribution in [0.25, 0.3) is 0 Å². The first-order valence-corrected chi connectivity index (χ1v) is 3.78. The first-order chi connectivity index (χ1) is 6.41. The van der Waals surface area contributed by atoms with Crippen LogP contribution in [-0.2, 0) is 4.79 Å². The van der Waals surface area contributed by atoms with Crippen LogP contribution in [0.15, 0.2) is 36.1 Å². The van der Waals surface area contributed by atoms with Gasteiger partial charge in [0.2, 0.25) is 5.76 Å². The molecule has 0 atom stereocenters. The molecule has 1 aliphatic carbocycles. The molecule has 0 aliphatic heterocycles. The lowest BCUT2D eigenvalue weighted by atomic mass is 10.1. The van der Waals surface area contributed by atoms with Crippen molar-refractivity contribution in [1.82, 2.24) is 0 Å². The Kier molecular flexibility index (Phi) is 2.78. The van der Waals surface area contributed by atoms with E-state index in [-0.39, 0.29) is 6.08 Å². The molecule has 0 unspecified atom stereocenters. The molecule has 1 rings (SSSR count). The van der Waals surface area contributed by atoms with Crippen LogP contribution in [-0.4, -0.2) is 17.1 Å². The van der Waals surface area contributed by atoms with Gasteiger partial charge in [0, 0.05) is 6.08 Å². The molecule has 0 bridgehead atoms. The van der Waals surface area contributed by atoms with E-state index in [4.69, 9.17) is 5.11 Å². The van der Waals surface area contributed by atoms with Crippen molar-refractivity contribution < 1.29 is 23.1 Å². The highest BCUT2D eigenvalue weighted by Gasteiger charge is 2.34. The number of aliphatic hydroxyl groups excluding tert-OH is 1. The van der Waals surface area contributed by atoms with Gasteiger partial charge in [-0.2, -0.15) is 13.2 Å². The van der Waals surface area contributed by atoms with Crippen molar-refractivity contribution >= 4 is 5.78 Å². The van der Waals surface area contributed by atoms with Gasteiger partial charge in [-0.3, -0.25) is 4.79 Å². The monoisotopic (exact) mass is 204 g/mol. The normalized spacial score (nSPS) is 17.8. The molecule has 1 aliphatic rings. The number of alkyl halides is 3. The van der Waals surface area contributed by atoms with E-state index < -0.39 is 23.6 Å². The molecular formula is C9H7F3O2. The minimum Gasteiger partial charge on any atom is -0.504 e. The maximum atomic E-state index is 11.8. The maximum Gasteiger partial charge on any atom is 0.448 e. The molecule has 0 amide bonds. The number of allylic oxidation sites excluding steroid dienone is 6.